The highest BCUT2D eigenvalue weighted by molar-refractivity contribution is 6.30. The fraction of sp³-hybridized carbons (Fsp3) is 0.400. The van der Waals surface area contributed by atoms with Crippen molar-refractivity contribution in [3.05, 3.63) is 23.4 Å². The maximum absolute atomic E-state index is 5.70. The van der Waals surface area contributed by atoms with Crippen LogP contribution in [0.1, 0.15) is 20.8 Å². The number of hydrogen-bond acceptors (Lipinski definition) is 3. The number of anilines is 1. The van der Waals surface area contributed by atoms with Crippen molar-refractivity contribution in [1.82, 2.24) is 4.98 Å². The maximum Gasteiger partial charge on any atom is 0.146 e. The Morgan fingerprint density at radius 3 is 2.71 bits per heavy atom. The van der Waals surface area contributed by atoms with Gasteiger partial charge < -0.3 is 0 Å². The number of hydrazone groups is 1. The van der Waals surface area contributed by atoms with Crippen LogP contribution in [0.5, 0.6) is 0 Å². The molecule has 0 spiro atoms. The monoisotopic (exact) mass is 211 g/mol. The molecule has 1 N–H and O–H groups in total. The number of nitrogens with zero attached hydrogens (tertiary/aromatic N) is 2. The highest BCUT2D eigenvalue weighted by Gasteiger charge is 1.97. The van der Waals surface area contributed by atoms with E-state index < -0.39 is 0 Å². The molecular weight excluding hydrogens is 198 g/mol. The zero-order chi connectivity index (χ0) is 10.6. The molecule has 0 bridgehead atoms. The van der Waals surface area contributed by atoms with Gasteiger partial charge in [-0.15, -0.1) is 0 Å². The second-order valence-electron chi connectivity index (χ2n) is 3.38. The minimum atomic E-state index is 0.440. The zero-order valence-corrected chi connectivity index (χ0v) is 9.34. The van der Waals surface area contributed by atoms with Crippen LogP contribution in [0.3, 0.4) is 0 Å². The molecule has 76 valence electrons. The molecule has 1 aromatic heterocycles. The van der Waals surface area contributed by atoms with E-state index in [4.69, 9.17) is 11.6 Å². The molecule has 0 aliphatic heterocycles. The second kappa shape index (κ2) is 4.96. The Morgan fingerprint density at radius 2 is 2.21 bits per heavy atom. The summed E-state index contributed by atoms with van der Waals surface area (Å²) >= 11 is 5.70. The largest absolute Gasteiger partial charge is 0.261 e. The summed E-state index contributed by atoms with van der Waals surface area (Å²) < 4.78 is 0. The minimum absolute atomic E-state index is 0.440. The molecule has 1 aromatic rings. The van der Waals surface area contributed by atoms with Crippen LogP contribution >= 0.6 is 11.6 Å². The molecule has 3 nitrogen and oxygen atoms in total. The lowest BCUT2D eigenvalue weighted by molar-refractivity contribution is 0.874. The molecule has 4 heteroatoms. The van der Waals surface area contributed by atoms with Crippen LogP contribution in [-0.2, 0) is 0 Å². The van der Waals surface area contributed by atoms with Gasteiger partial charge in [0.2, 0.25) is 0 Å². The second-order valence-corrected chi connectivity index (χ2v) is 3.82. The highest BCUT2D eigenvalue weighted by atomic mass is 35.5. The van der Waals surface area contributed by atoms with Gasteiger partial charge in [0.05, 0.1) is 5.02 Å². The summed E-state index contributed by atoms with van der Waals surface area (Å²) in [5.74, 6) is 1.14. The fourth-order valence-electron chi connectivity index (χ4n) is 0.717. The summed E-state index contributed by atoms with van der Waals surface area (Å²) in [7, 11) is 0. The van der Waals surface area contributed by atoms with E-state index in [-0.39, 0.29) is 0 Å². The normalized spacial score (nSPS) is 11.9. The van der Waals surface area contributed by atoms with Gasteiger partial charge in [-0.1, -0.05) is 25.4 Å². The predicted octanol–water partition coefficient (Wildman–Crippen LogP) is 3.18. The molecule has 0 unspecified atom stereocenters. The van der Waals surface area contributed by atoms with Crippen molar-refractivity contribution in [1.29, 1.82) is 0 Å². The van der Waals surface area contributed by atoms with E-state index in [9.17, 15) is 0 Å². The first-order valence-electron chi connectivity index (χ1n) is 4.51. The lowest BCUT2D eigenvalue weighted by Gasteiger charge is -2.04. The number of aromatic nitrogens is 1. The Hall–Kier alpha value is -1.09. The predicted molar refractivity (Wildman–Crippen MR) is 60.8 cm³/mol. The van der Waals surface area contributed by atoms with Crippen molar-refractivity contribution < 1.29 is 0 Å². The summed E-state index contributed by atoms with van der Waals surface area (Å²) in [6.07, 6.45) is 1.59. The molecule has 0 aromatic carbocycles. The SMILES string of the molecule is C/C(=N\Nc1ccc(Cl)cn1)C(C)C. The van der Waals surface area contributed by atoms with Crippen molar-refractivity contribution in [3.8, 4) is 0 Å². The Kier molecular flexibility index (Phi) is 3.89. The van der Waals surface area contributed by atoms with Gasteiger partial charge in [-0.3, -0.25) is 5.43 Å². The van der Waals surface area contributed by atoms with E-state index >= 15 is 0 Å². The topological polar surface area (TPSA) is 37.3 Å². The van der Waals surface area contributed by atoms with Crippen LogP contribution in [-0.4, -0.2) is 10.7 Å². The average Bonchev–Trinajstić information content (AvgIpc) is 2.16. The molecular formula is C10H14ClN3. The van der Waals surface area contributed by atoms with Gasteiger partial charge in [0, 0.05) is 11.9 Å². The van der Waals surface area contributed by atoms with E-state index in [1.54, 1.807) is 18.3 Å². The van der Waals surface area contributed by atoms with E-state index in [2.05, 4.69) is 29.4 Å². The first-order chi connectivity index (χ1) is 6.59. The van der Waals surface area contributed by atoms with E-state index in [1.165, 1.54) is 0 Å². The third-order valence-electron chi connectivity index (χ3n) is 1.91. The standard InChI is InChI=1S/C10H14ClN3/c1-7(2)8(3)13-14-10-5-4-9(11)6-12-10/h4-7H,1-3H3,(H,12,14)/b13-8+. The van der Waals surface area contributed by atoms with Gasteiger partial charge in [0.25, 0.3) is 0 Å². The van der Waals surface area contributed by atoms with Crippen molar-refractivity contribution in [2.24, 2.45) is 11.0 Å². The van der Waals surface area contributed by atoms with E-state index in [0.717, 1.165) is 5.71 Å². The van der Waals surface area contributed by atoms with Crippen molar-refractivity contribution >= 4 is 23.1 Å². The van der Waals surface area contributed by atoms with Crippen LogP contribution in [0.25, 0.3) is 0 Å². The molecule has 14 heavy (non-hydrogen) atoms. The van der Waals surface area contributed by atoms with Crippen LogP contribution < -0.4 is 5.43 Å². The smallest absolute Gasteiger partial charge is 0.146 e. The molecule has 0 saturated heterocycles. The molecule has 1 heterocycles. The van der Waals surface area contributed by atoms with Crippen LogP contribution in [0, 0.1) is 5.92 Å². The van der Waals surface area contributed by atoms with Gasteiger partial charge in [-0.05, 0) is 25.0 Å². The van der Waals surface area contributed by atoms with E-state index in [0.29, 0.717) is 16.8 Å². The third-order valence-corrected chi connectivity index (χ3v) is 2.13. The van der Waals surface area contributed by atoms with Crippen molar-refractivity contribution in [2.45, 2.75) is 20.8 Å². The Bertz CT molecular complexity index is 317. The van der Waals surface area contributed by atoms with E-state index in [1.807, 2.05) is 6.92 Å². The first-order valence-corrected chi connectivity index (χ1v) is 4.89. The zero-order valence-electron chi connectivity index (χ0n) is 8.58. The highest BCUT2D eigenvalue weighted by Crippen LogP contribution is 2.09. The summed E-state index contributed by atoms with van der Waals surface area (Å²) in [6, 6.07) is 3.57. The average molecular weight is 212 g/mol. The van der Waals surface area contributed by atoms with Gasteiger partial charge in [0.1, 0.15) is 5.82 Å². The van der Waals surface area contributed by atoms with Crippen LogP contribution in [0.15, 0.2) is 23.4 Å². The summed E-state index contributed by atoms with van der Waals surface area (Å²) in [4.78, 5) is 4.06. The van der Waals surface area contributed by atoms with Crippen molar-refractivity contribution in [2.75, 3.05) is 5.43 Å². The lowest BCUT2D eigenvalue weighted by atomic mass is 10.1. The first kappa shape index (κ1) is 11.0. The Labute approximate surface area is 89.2 Å². The summed E-state index contributed by atoms with van der Waals surface area (Å²) in [5.41, 5.74) is 3.91. The van der Waals surface area contributed by atoms with Crippen molar-refractivity contribution in [3.63, 3.8) is 0 Å². The fourth-order valence-corrected chi connectivity index (χ4v) is 0.828. The third kappa shape index (κ3) is 3.34. The number of pyridine rings is 1. The molecule has 0 saturated carbocycles. The Morgan fingerprint density at radius 1 is 1.50 bits per heavy atom. The number of nitrogens with one attached hydrogen (secondary N) is 1. The molecule has 0 amide bonds. The van der Waals surface area contributed by atoms with Gasteiger partial charge in [-0.2, -0.15) is 5.10 Å². The number of rotatable bonds is 3. The number of halogens is 1. The summed E-state index contributed by atoms with van der Waals surface area (Å²) in [6.45, 7) is 6.17. The molecule has 0 atom stereocenters. The van der Waals surface area contributed by atoms with Gasteiger partial charge in [0.15, 0.2) is 0 Å². The molecule has 1 rings (SSSR count). The molecule has 0 radical (unpaired) electrons. The quantitative estimate of drug-likeness (QED) is 0.616. The maximum atomic E-state index is 5.70. The summed E-state index contributed by atoms with van der Waals surface area (Å²) in [5, 5.41) is 4.81. The molecule has 0 fully saturated rings. The molecule has 0 aliphatic rings. The van der Waals surface area contributed by atoms with Crippen LogP contribution in [0.4, 0.5) is 5.82 Å². The lowest BCUT2D eigenvalue weighted by Crippen LogP contribution is -2.05. The van der Waals surface area contributed by atoms with Crippen LogP contribution in [0.2, 0.25) is 5.02 Å². The van der Waals surface area contributed by atoms with Gasteiger partial charge >= 0.3 is 0 Å². The number of hydrogen-bond donors (Lipinski definition) is 1. The Balaban J connectivity index is 2.62. The van der Waals surface area contributed by atoms with Gasteiger partial charge in [-0.25, -0.2) is 4.98 Å². The minimum Gasteiger partial charge on any atom is -0.261 e. The molecule has 0 aliphatic carbocycles.